The van der Waals surface area contributed by atoms with Crippen molar-refractivity contribution in [1.29, 1.82) is 0 Å². The second-order valence-electron chi connectivity index (χ2n) is 12.2. The fraction of sp³-hybridized carbons (Fsp3) is 0.893. The molecule has 6 heteroatoms. The summed E-state index contributed by atoms with van der Waals surface area (Å²) in [6, 6.07) is 0. The molecule has 4 aliphatic rings. The predicted octanol–water partition coefficient (Wildman–Crippen LogP) is 5.73. The quantitative estimate of drug-likeness (QED) is 0.440. The second-order valence-corrected chi connectivity index (χ2v) is 12.2. The van der Waals surface area contributed by atoms with Gasteiger partial charge in [0.05, 0.1) is 18.0 Å². The van der Waals surface area contributed by atoms with E-state index < -0.39 is 0 Å². The Bertz CT molecular complexity index is 837. The summed E-state index contributed by atoms with van der Waals surface area (Å²) < 4.78 is 1.86. The maximum atomic E-state index is 5.72. The van der Waals surface area contributed by atoms with Crippen LogP contribution in [0.15, 0.2) is 11.4 Å². The van der Waals surface area contributed by atoms with Gasteiger partial charge in [0, 0.05) is 6.20 Å². The van der Waals surface area contributed by atoms with Gasteiger partial charge in [0.15, 0.2) is 0 Å². The minimum absolute atomic E-state index is 0.520. The first-order valence-electron chi connectivity index (χ1n) is 14.0. The van der Waals surface area contributed by atoms with Crippen LogP contribution in [0, 0.1) is 40.4 Å². The fourth-order valence-corrected chi connectivity index (χ4v) is 8.29. The van der Waals surface area contributed by atoms with Gasteiger partial charge in [0.1, 0.15) is 6.61 Å². The molecule has 7 atom stereocenters. The molecular formula is C28H49N5O. The Morgan fingerprint density at radius 1 is 1.09 bits per heavy atom. The topological polar surface area (TPSA) is 64.3 Å². The summed E-state index contributed by atoms with van der Waals surface area (Å²) in [6.07, 6.45) is 15.3. The first-order valence-corrected chi connectivity index (χ1v) is 14.0. The molecule has 0 aliphatic heterocycles. The molecule has 0 spiro atoms. The molecule has 1 heterocycles. The summed E-state index contributed by atoms with van der Waals surface area (Å²) in [4.78, 5) is 5.72. The third-order valence-electron chi connectivity index (χ3n) is 10.5. The van der Waals surface area contributed by atoms with Gasteiger partial charge in [-0.05, 0) is 119 Å². The average Bonchev–Trinajstić information content (AvgIpc) is 3.41. The highest BCUT2D eigenvalue weighted by molar-refractivity contribution is 5.85. The molecule has 1 aromatic heterocycles. The lowest BCUT2D eigenvalue weighted by atomic mass is 9.45. The van der Waals surface area contributed by atoms with E-state index in [1.54, 1.807) is 0 Å². The van der Waals surface area contributed by atoms with Crippen LogP contribution in [0.3, 0.4) is 0 Å². The lowest BCUT2D eigenvalue weighted by Crippen LogP contribution is -2.53. The van der Waals surface area contributed by atoms with Crippen LogP contribution in [-0.2, 0) is 17.8 Å². The van der Waals surface area contributed by atoms with E-state index in [1.807, 2.05) is 25.0 Å². The Morgan fingerprint density at radius 2 is 1.85 bits per heavy atom. The van der Waals surface area contributed by atoms with Gasteiger partial charge in [0.2, 0.25) is 0 Å². The second kappa shape index (κ2) is 10.7. The molecule has 4 saturated carbocycles. The number of rotatable bonds is 5. The lowest BCUT2D eigenvalue weighted by Gasteiger charge is -2.60. The van der Waals surface area contributed by atoms with Crippen molar-refractivity contribution in [1.82, 2.24) is 20.3 Å². The largest absolute Gasteiger partial charge is 0.394 e. The molecule has 4 unspecified atom stereocenters. The van der Waals surface area contributed by atoms with Crippen LogP contribution < -0.4 is 5.32 Å². The number of nitrogens with one attached hydrogen (secondary N) is 1. The van der Waals surface area contributed by atoms with Crippen molar-refractivity contribution >= 4 is 5.71 Å². The highest BCUT2D eigenvalue weighted by atomic mass is 16.6. The molecule has 34 heavy (non-hydrogen) atoms. The molecule has 0 amide bonds. The number of hydrogen-bond donors (Lipinski definition) is 1. The smallest absolute Gasteiger partial charge is 0.136 e. The first-order chi connectivity index (χ1) is 16.4. The molecule has 5 rings (SSSR count). The molecule has 1 N–H and O–H groups in total. The molecule has 1 aromatic rings. The molecule has 0 bridgehead atoms. The van der Waals surface area contributed by atoms with Crippen molar-refractivity contribution in [2.45, 2.75) is 98.4 Å². The summed E-state index contributed by atoms with van der Waals surface area (Å²) in [5.74, 6) is 4.64. The molecule has 6 nitrogen and oxygen atoms in total. The number of aryl methyl sites for hydroxylation is 1. The number of nitrogens with zero attached hydrogens (tertiary/aromatic N) is 4. The van der Waals surface area contributed by atoms with Gasteiger partial charge in [-0.15, -0.1) is 5.10 Å². The van der Waals surface area contributed by atoms with Crippen LogP contribution in [0.1, 0.15) is 91.2 Å². The standard InChI is InChI=1S/C26H42N4O.C2H7N/c1-5-20-17-30(29-27-20)14-15-31-28-21-10-12-26(4)19(16-21)7-8-22-23-9-6-18(2)25(23,3)13-11-24(22)26;1-3-2/h17-19,22-24H,5-16H2,1-4H3;3H,1-2H3/b28-21-;/t18-,19?,22?,23?,24?,25+,26-;/m0./s1. The summed E-state index contributed by atoms with van der Waals surface area (Å²) in [7, 11) is 3.75. The van der Waals surface area contributed by atoms with Crippen molar-refractivity contribution in [2.75, 3.05) is 20.7 Å². The zero-order chi connectivity index (χ0) is 24.3. The minimum Gasteiger partial charge on any atom is -0.394 e. The minimum atomic E-state index is 0.520. The Kier molecular flexibility index (Phi) is 8.06. The van der Waals surface area contributed by atoms with Gasteiger partial charge < -0.3 is 10.2 Å². The highest BCUT2D eigenvalue weighted by Crippen LogP contribution is 2.67. The van der Waals surface area contributed by atoms with Crippen LogP contribution in [0.2, 0.25) is 0 Å². The molecule has 192 valence electrons. The van der Waals surface area contributed by atoms with E-state index >= 15 is 0 Å². The van der Waals surface area contributed by atoms with E-state index in [0.29, 0.717) is 24.0 Å². The van der Waals surface area contributed by atoms with E-state index in [2.05, 4.69) is 48.5 Å². The molecule has 4 fully saturated rings. The summed E-state index contributed by atoms with van der Waals surface area (Å²) in [6.45, 7) is 11.2. The Morgan fingerprint density at radius 3 is 2.59 bits per heavy atom. The van der Waals surface area contributed by atoms with Crippen LogP contribution in [0.25, 0.3) is 0 Å². The third kappa shape index (κ3) is 4.81. The van der Waals surface area contributed by atoms with Gasteiger partial charge in [0.25, 0.3) is 0 Å². The van der Waals surface area contributed by atoms with Crippen LogP contribution in [0.5, 0.6) is 0 Å². The number of hydrogen-bond acceptors (Lipinski definition) is 5. The number of fused-ring (bicyclic) bond motifs is 5. The number of oxime groups is 1. The third-order valence-corrected chi connectivity index (χ3v) is 10.5. The van der Waals surface area contributed by atoms with E-state index in [0.717, 1.165) is 54.5 Å². The SMILES string of the molecule is CCc1cn(CCO/N=C2/CC[C@@]3(C)C(CCC4C3CC[C@@]3(C)C4CC[C@@H]3C)C2)nn1.CNC. The van der Waals surface area contributed by atoms with E-state index in [9.17, 15) is 0 Å². The van der Waals surface area contributed by atoms with Crippen molar-refractivity contribution < 1.29 is 4.84 Å². The summed E-state index contributed by atoms with van der Waals surface area (Å²) in [5, 5.41) is 15.6. The zero-order valence-corrected chi connectivity index (χ0v) is 22.6. The van der Waals surface area contributed by atoms with Crippen LogP contribution in [0.4, 0.5) is 0 Å². The maximum Gasteiger partial charge on any atom is 0.136 e. The number of aromatic nitrogens is 3. The summed E-state index contributed by atoms with van der Waals surface area (Å²) >= 11 is 0. The molecular weight excluding hydrogens is 422 g/mol. The van der Waals surface area contributed by atoms with Crippen molar-refractivity contribution in [3.05, 3.63) is 11.9 Å². The van der Waals surface area contributed by atoms with Crippen molar-refractivity contribution in [2.24, 2.45) is 45.6 Å². The van der Waals surface area contributed by atoms with Gasteiger partial charge in [-0.25, -0.2) is 4.68 Å². The Balaban J connectivity index is 0.000000868. The fourth-order valence-electron chi connectivity index (χ4n) is 8.29. The molecule has 0 saturated heterocycles. The Hall–Kier alpha value is -1.43. The van der Waals surface area contributed by atoms with Gasteiger partial charge >= 0.3 is 0 Å². The van der Waals surface area contributed by atoms with Gasteiger partial charge in [-0.1, -0.05) is 38.1 Å². The first kappa shape index (κ1) is 25.7. The van der Waals surface area contributed by atoms with E-state index in [1.165, 1.54) is 50.7 Å². The van der Waals surface area contributed by atoms with Crippen molar-refractivity contribution in [3.63, 3.8) is 0 Å². The van der Waals surface area contributed by atoms with Gasteiger partial charge in [-0.3, -0.25) is 0 Å². The highest BCUT2D eigenvalue weighted by Gasteiger charge is 2.59. The molecule has 0 aromatic carbocycles. The van der Waals surface area contributed by atoms with E-state index in [4.69, 9.17) is 4.84 Å². The Labute approximate surface area is 207 Å². The van der Waals surface area contributed by atoms with Crippen molar-refractivity contribution in [3.8, 4) is 0 Å². The predicted molar refractivity (Wildman–Crippen MR) is 139 cm³/mol. The molecule has 4 aliphatic carbocycles. The van der Waals surface area contributed by atoms with E-state index in [-0.39, 0.29) is 0 Å². The normalized spacial score (nSPS) is 40.1. The maximum absolute atomic E-state index is 5.72. The van der Waals surface area contributed by atoms with Crippen LogP contribution >= 0.6 is 0 Å². The van der Waals surface area contributed by atoms with Crippen LogP contribution in [-0.4, -0.2) is 41.4 Å². The summed E-state index contributed by atoms with van der Waals surface area (Å²) in [5.41, 5.74) is 3.47. The van der Waals surface area contributed by atoms with Gasteiger partial charge in [-0.2, -0.15) is 0 Å². The average molecular weight is 472 g/mol. The zero-order valence-electron chi connectivity index (χ0n) is 22.6. The molecule has 0 radical (unpaired) electrons. The lowest BCUT2D eigenvalue weighted by molar-refractivity contribution is -0.0994. The monoisotopic (exact) mass is 471 g/mol.